The van der Waals surface area contributed by atoms with Gasteiger partial charge in [-0.25, -0.2) is 23.4 Å². The molecule has 130 valence electrons. The second kappa shape index (κ2) is 6.89. The van der Waals surface area contributed by atoms with Gasteiger partial charge < -0.3 is 15.8 Å². The van der Waals surface area contributed by atoms with E-state index in [4.69, 9.17) is 10.5 Å². The summed E-state index contributed by atoms with van der Waals surface area (Å²) in [7, 11) is -3.30. The summed E-state index contributed by atoms with van der Waals surface area (Å²) < 4.78 is 27.9. The van der Waals surface area contributed by atoms with Gasteiger partial charge in [0, 0.05) is 11.9 Å². The highest BCUT2D eigenvalue weighted by molar-refractivity contribution is 7.90. The van der Waals surface area contributed by atoms with Crippen LogP contribution in [-0.2, 0) is 14.6 Å². The van der Waals surface area contributed by atoms with Crippen molar-refractivity contribution in [1.29, 1.82) is 0 Å². The van der Waals surface area contributed by atoms with Gasteiger partial charge in [-0.1, -0.05) is 24.3 Å². The number of hydrogen-bond acceptors (Lipinski definition) is 8. The van der Waals surface area contributed by atoms with Crippen molar-refractivity contribution < 1.29 is 13.2 Å². The van der Waals surface area contributed by atoms with Crippen molar-refractivity contribution >= 4 is 33.6 Å². The molecule has 0 amide bonds. The van der Waals surface area contributed by atoms with Crippen molar-refractivity contribution in [3.8, 4) is 0 Å². The molecule has 3 N–H and O–H groups in total. The molecular weight excluding hydrogens is 342 g/mol. The van der Waals surface area contributed by atoms with Crippen molar-refractivity contribution in [3.05, 3.63) is 48.3 Å². The predicted octanol–water partition coefficient (Wildman–Crippen LogP) is 1.35. The van der Waals surface area contributed by atoms with Gasteiger partial charge in [-0.05, 0) is 17.7 Å². The summed E-state index contributed by atoms with van der Waals surface area (Å²) in [5.74, 6) is 0.323. The molecule has 0 saturated carbocycles. The molecule has 8 nitrogen and oxygen atoms in total. The minimum Gasteiger partial charge on any atom is -0.463 e. The number of nitrogens with zero attached hydrogens (tertiary/aromatic N) is 3. The van der Waals surface area contributed by atoms with Crippen LogP contribution in [0.3, 0.4) is 0 Å². The summed E-state index contributed by atoms with van der Waals surface area (Å²) in [5, 5.41) is 3.01. The maximum Gasteiger partial charge on any atom is 0.282 e. The Bertz CT molecular complexity index is 906. The lowest BCUT2D eigenvalue weighted by atomic mass is 10.1. The van der Waals surface area contributed by atoms with E-state index in [9.17, 15) is 8.42 Å². The number of amidine groups is 1. The topological polar surface area (TPSA) is 120 Å². The van der Waals surface area contributed by atoms with E-state index in [0.29, 0.717) is 12.6 Å². The van der Waals surface area contributed by atoms with Crippen molar-refractivity contribution in [1.82, 2.24) is 9.97 Å². The fraction of sp³-hybridized carbons (Fsp3) is 0.188. The van der Waals surface area contributed by atoms with Crippen LogP contribution in [0.15, 0.2) is 52.6 Å². The van der Waals surface area contributed by atoms with Gasteiger partial charge >= 0.3 is 0 Å². The summed E-state index contributed by atoms with van der Waals surface area (Å²) in [6.45, 7) is 0.461. The standard InChI is InChI=1S/C16H17N5O3S/c1-25(22,23)14-8-18-16(19-9-14)21-12-5-2-11(3-6-12)4-7-13-10-24-15(17)20-13/h2-9,13H,10H2,1H3,(H2,17,20)(H,18,19,21). The number of rotatable bonds is 5. The molecule has 0 spiro atoms. The number of hydrogen-bond donors (Lipinski definition) is 2. The zero-order valence-corrected chi connectivity index (χ0v) is 14.3. The molecular formula is C16H17N5O3S. The van der Waals surface area contributed by atoms with Gasteiger partial charge in [-0.3, -0.25) is 0 Å². The van der Waals surface area contributed by atoms with Crippen molar-refractivity contribution in [2.75, 3.05) is 18.2 Å². The van der Waals surface area contributed by atoms with E-state index in [1.54, 1.807) is 0 Å². The Balaban J connectivity index is 1.63. The van der Waals surface area contributed by atoms with Crippen LogP contribution < -0.4 is 11.1 Å². The molecule has 1 aromatic heterocycles. The lowest BCUT2D eigenvalue weighted by Gasteiger charge is -2.05. The third-order valence-corrected chi connectivity index (χ3v) is 4.50. The normalized spacial score (nSPS) is 17.3. The summed E-state index contributed by atoms with van der Waals surface area (Å²) >= 11 is 0. The monoisotopic (exact) mass is 359 g/mol. The molecule has 1 aliphatic rings. The van der Waals surface area contributed by atoms with Crippen LogP contribution >= 0.6 is 0 Å². The van der Waals surface area contributed by atoms with Gasteiger partial charge in [0.1, 0.15) is 17.5 Å². The van der Waals surface area contributed by atoms with Gasteiger partial charge in [-0.15, -0.1) is 0 Å². The second-order valence-electron chi connectivity index (χ2n) is 5.47. The van der Waals surface area contributed by atoms with Crippen LogP contribution in [0.2, 0.25) is 0 Å². The first kappa shape index (κ1) is 16.9. The fourth-order valence-corrected chi connectivity index (χ4v) is 2.60. The quantitative estimate of drug-likeness (QED) is 0.827. The number of ether oxygens (including phenoxy) is 1. The smallest absolute Gasteiger partial charge is 0.282 e. The Morgan fingerprint density at radius 1 is 1.24 bits per heavy atom. The molecule has 0 saturated heterocycles. The number of aromatic nitrogens is 2. The van der Waals surface area contributed by atoms with E-state index in [0.717, 1.165) is 17.5 Å². The Hall–Kier alpha value is -2.94. The van der Waals surface area contributed by atoms with Crippen molar-refractivity contribution in [2.45, 2.75) is 10.9 Å². The fourth-order valence-electron chi connectivity index (χ4n) is 2.11. The summed E-state index contributed by atoms with van der Waals surface area (Å²) in [6.07, 6.45) is 7.53. The van der Waals surface area contributed by atoms with Gasteiger partial charge in [0.05, 0.1) is 12.4 Å². The van der Waals surface area contributed by atoms with Gasteiger partial charge in [-0.2, -0.15) is 0 Å². The molecule has 9 heteroatoms. The molecule has 0 fully saturated rings. The minimum atomic E-state index is -3.30. The van der Waals surface area contributed by atoms with Crippen LogP contribution in [-0.4, -0.2) is 43.3 Å². The molecule has 0 radical (unpaired) electrons. The molecule has 1 aromatic carbocycles. The van der Waals surface area contributed by atoms with E-state index in [2.05, 4.69) is 20.3 Å². The highest BCUT2D eigenvalue weighted by Crippen LogP contribution is 2.16. The van der Waals surface area contributed by atoms with E-state index in [1.165, 1.54) is 12.4 Å². The third kappa shape index (κ3) is 4.54. The van der Waals surface area contributed by atoms with Crippen LogP contribution in [0.4, 0.5) is 11.6 Å². The number of aliphatic imine (C=N–C) groups is 1. The number of nitrogens with one attached hydrogen (secondary N) is 1. The van der Waals surface area contributed by atoms with Gasteiger partial charge in [0.15, 0.2) is 9.84 Å². The molecule has 1 unspecified atom stereocenters. The number of nitrogens with two attached hydrogens (primary N) is 1. The number of anilines is 2. The molecule has 0 bridgehead atoms. The highest BCUT2D eigenvalue weighted by Gasteiger charge is 2.12. The van der Waals surface area contributed by atoms with Crippen molar-refractivity contribution in [3.63, 3.8) is 0 Å². The Morgan fingerprint density at radius 3 is 2.48 bits per heavy atom. The van der Waals surface area contributed by atoms with Crippen molar-refractivity contribution in [2.24, 2.45) is 10.7 Å². The predicted molar refractivity (Wildman–Crippen MR) is 95.3 cm³/mol. The Labute approximate surface area is 145 Å². The van der Waals surface area contributed by atoms with Crippen LogP contribution in [0.5, 0.6) is 0 Å². The van der Waals surface area contributed by atoms with E-state index in [1.807, 2.05) is 36.4 Å². The maximum absolute atomic E-state index is 11.4. The SMILES string of the molecule is CS(=O)(=O)c1cnc(Nc2ccc(C=CC3COC(N)=N3)cc2)nc1. The molecule has 1 atom stereocenters. The average molecular weight is 359 g/mol. The van der Waals surface area contributed by atoms with Crippen LogP contribution in [0.1, 0.15) is 5.56 Å². The molecule has 1 aliphatic heterocycles. The Morgan fingerprint density at radius 2 is 1.92 bits per heavy atom. The van der Waals surface area contributed by atoms with E-state index < -0.39 is 9.84 Å². The molecule has 2 aromatic rings. The first-order valence-electron chi connectivity index (χ1n) is 7.43. The molecule has 3 rings (SSSR count). The summed E-state index contributed by atoms with van der Waals surface area (Å²) in [6, 6.07) is 7.75. The summed E-state index contributed by atoms with van der Waals surface area (Å²) in [4.78, 5) is 12.2. The first-order chi connectivity index (χ1) is 11.9. The molecule has 25 heavy (non-hydrogen) atoms. The second-order valence-corrected chi connectivity index (χ2v) is 7.48. The number of benzene rings is 1. The largest absolute Gasteiger partial charge is 0.463 e. The Kier molecular flexibility index (Phi) is 4.66. The van der Waals surface area contributed by atoms with Crippen LogP contribution in [0, 0.1) is 0 Å². The highest BCUT2D eigenvalue weighted by atomic mass is 32.2. The first-order valence-corrected chi connectivity index (χ1v) is 9.33. The minimum absolute atomic E-state index is 0.0560. The zero-order valence-electron chi connectivity index (χ0n) is 13.5. The van der Waals surface area contributed by atoms with Gasteiger partial charge in [0.25, 0.3) is 6.02 Å². The maximum atomic E-state index is 11.4. The van der Waals surface area contributed by atoms with E-state index >= 15 is 0 Å². The van der Waals surface area contributed by atoms with Crippen LogP contribution in [0.25, 0.3) is 6.08 Å². The summed E-state index contributed by atoms with van der Waals surface area (Å²) in [5.41, 5.74) is 7.25. The molecule has 2 heterocycles. The van der Waals surface area contributed by atoms with E-state index in [-0.39, 0.29) is 17.0 Å². The third-order valence-electron chi connectivity index (χ3n) is 3.43. The lowest BCUT2D eigenvalue weighted by molar-refractivity contribution is 0.327. The lowest BCUT2D eigenvalue weighted by Crippen LogP contribution is -2.10. The van der Waals surface area contributed by atoms with Gasteiger partial charge in [0.2, 0.25) is 5.95 Å². The average Bonchev–Trinajstić information content (AvgIpc) is 2.99. The number of sulfone groups is 1. The molecule has 0 aliphatic carbocycles. The zero-order chi connectivity index (χ0) is 17.9.